The molecule has 0 aliphatic carbocycles. The number of benzene rings is 2. The SMILES string of the molecule is COc1cccc(CNC(=O)c2ccc(-c3cccs3)cc2)c1. The van der Waals surface area contributed by atoms with E-state index in [9.17, 15) is 4.79 Å². The third-order valence-corrected chi connectivity index (χ3v) is 4.46. The highest BCUT2D eigenvalue weighted by molar-refractivity contribution is 7.13. The summed E-state index contributed by atoms with van der Waals surface area (Å²) >= 11 is 1.69. The average molecular weight is 323 g/mol. The largest absolute Gasteiger partial charge is 0.497 e. The molecule has 0 atom stereocenters. The molecule has 1 heterocycles. The molecule has 3 aromatic rings. The van der Waals surface area contributed by atoms with Gasteiger partial charge in [-0.25, -0.2) is 0 Å². The van der Waals surface area contributed by atoms with Gasteiger partial charge in [0.05, 0.1) is 7.11 Å². The lowest BCUT2D eigenvalue weighted by molar-refractivity contribution is 0.0951. The second-order valence-electron chi connectivity index (χ2n) is 5.09. The minimum Gasteiger partial charge on any atom is -0.497 e. The highest BCUT2D eigenvalue weighted by Gasteiger charge is 2.06. The van der Waals surface area contributed by atoms with Gasteiger partial charge in [-0.2, -0.15) is 0 Å². The molecule has 2 aromatic carbocycles. The predicted molar refractivity (Wildman–Crippen MR) is 93.9 cm³/mol. The van der Waals surface area contributed by atoms with Crippen LogP contribution in [0.3, 0.4) is 0 Å². The van der Waals surface area contributed by atoms with Gasteiger partial charge in [-0.3, -0.25) is 4.79 Å². The number of rotatable bonds is 5. The molecule has 0 bridgehead atoms. The zero-order valence-electron chi connectivity index (χ0n) is 12.8. The van der Waals surface area contributed by atoms with Crippen molar-refractivity contribution in [3.8, 4) is 16.2 Å². The molecule has 0 aliphatic heterocycles. The zero-order chi connectivity index (χ0) is 16.1. The van der Waals surface area contributed by atoms with Gasteiger partial charge in [0.15, 0.2) is 0 Å². The molecule has 0 spiro atoms. The van der Waals surface area contributed by atoms with Crippen LogP contribution in [0.25, 0.3) is 10.4 Å². The Labute approximate surface area is 139 Å². The fourth-order valence-electron chi connectivity index (χ4n) is 2.30. The van der Waals surface area contributed by atoms with Crippen LogP contribution >= 0.6 is 11.3 Å². The molecule has 0 radical (unpaired) electrons. The third-order valence-electron chi connectivity index (χ3n) is 3.54. The van der Waals surface area contributed by atoms with Crippen molar-refractivity contribution >= 4 is 17.2 Å². The molecule has 4 heteroatoms. The van der Waals surface area contributed by atoms with Crippen molar-refractivity contribution in [2.24, 2.45) is 0 Å². The molecular formula is C19H17NO2S. The first-order valence-corrected chi connectivity index (χ1v) is 8.19. The van der Waals surface area contributed by atoms with Crippen LogP contribution in [0.4, 0.5) is 0 Å². The Morgan fingerprint density at radius 1 is 1.09 bits per heavy atom. The van der Waals surface area contributed by atoms with Crippen LogP contribution in [-0.4, -0.2) is 13.0 Å². The van der Waals surface area contributed by atoms with Crippen LogP contribution < -0.4 is 10.1 Å². The van der Waals surface area contributed by atoms with Gasteiger partial charge in [0, 0.05) is 17.0 Å². The van der Waals surface area contributed by atoms with Crippen molar-refractivity contribution < 1.29 is 9.53 Å². The maximum absolute atomic E-state index is 12.2. The van der Waals surface area contributed by atoms with E-state index in [1.807, 2.05) is 60.0 Å². The average Bonchev–Trinajstić information content (AvgIpc) is 3.14. The van der Waals surface area contributed by atoms with Gasteiger partial charge in [-0.05, 0) is 46.8 Å². The van der Waals surface area contributed by atoms with Gasteiger partial charge < -0.3 is 10.1 Å². The fourth-order valence-corrected chi connectivity index (χ4v) is 3.03. The monoisotopic (exact) mass is 323 g/mol. The number of hydrogen-bond donors (Lipinski definition) is 1. The maximum Gasteiger partial charge on any atom is 0.251 e. The van der Waals surface area contributed by atoms with E-state index >= 15 is 0 Å². The smallest absolute Gasteiger partial charge is 0.251 e. The second kappa shape index (κ2) is 7.11. The Morgan fingerprint density at radius 3 is 2.61 bits per heavy atom. The molecular weight excluding hydrogens is 306 g/mol. The summed E-state index contributed by atoms with van der Waals surface area (Å²) < 4.78 is 5.18. The first-order valence-electron chi connectivity index (χ1n) is 7.31. The van der Waals surface area contributed by atoms with Crippen LogP contribution in [-0.2, 0) is 6.54 Å². The van der Waals surface area contributed by atoms with Crippen molar-refractivity contribution in [2.45, 2.75) is 6.54 Å². The topological polar surface area (TPSA) is 38.3 Å². The molecule has 0 saturated heterocycles. The summed E-state index contributed by atoms with van der Waals surface area (Å²) in [5.41, 5.74) is 2.80. The molecule has 0 fully saturated rings. The molecule has 3 rings (SSSR count). The van der Waals surface area contributed by atoms with Crippen LogP contribution in [0, 0.1) is 0 Å². The van der Waals surface area contributed by atoms with E-state index in [2.05, 4.69) is 11.4 Å². The van der Waals surface area contributed by atoms with Gasteiger partial charge in [-0.1, -0.05) is 30.3 Å². The lowest BCUT2D eigenvalue weighted by Gasteiger charge is -2.07. The van der Waals surface area contributed by atoms with Crippen molar-refractivity contribution in [3.05, 3.63) is 77.2 Å². The fraction of sp³-hybridized carbons (Fsp3) is 0.105. The minimum absolute atomic E-state index is 0.0782. The Bertz CT molecular complexity index is 779. The van der Waals surface area contributed by atoms with Gasteiger partial charge in [0.2, 0.25) is 0 Å². The number of carbonyl (C=O) groups excluding carboxylic acids is 1. The summed E-state index contributed by atoms with van der Waals surface area (Å²) in [5.74, 6) is 0.711. The normalized spacial score (nSPS) is 10.3. The first kappa shape index (κ1) is 15.3. The molecule has 1 aromatic heterocycles. The van der Waals surface area contributed by atoms with Gasteiger partial charge >= 0.3 is 0 Å². The summed E-state index contributed by atoms with van der Waals surface area (Å²) in [4.78, 5) is 13.4. The number of methoxy groups -OCH3 is 1. The lowest BCUT2D eigenvalue weighted by Crippen LogP contribution is -2.22. The van der Waals surface area contributed by atoms with Gasteiger partial charge in [-0.15, -0.1) is 11.3 Å². The lowest BCUT2D eigenvalue weighted by atomic mass is 10.1. The molecule has 0 saturated carbocycles. The molecule has 1 N–H and O–H groups in total. The van der Waals surface area contributed by atoms with E-state index in [0.717, 1.165) is 16.9 Å². The third kappa shape index (κ3) is 3.79. The summed E-state index contributed by atoms with van der Waals surface area (Å²) in [7, 11) is 1.63. The van der Waals surface area contributed by atoms with E-state index < -0.39 is 0 Å². The van der Waals surface area contributed by atoms with Crippen molar-refractivity contribution in [2.75, 3.05) is 7.11 Å². The number of amides is 1. The number of hydrogen-bond acceptors (Lipinski definition) is 3. The van der Waals surface area contributed by atoms with Crippen molar-refractivity contribution in [1.82, 2.24) is 5.32 Å². The second-order valence-corrected chi connectivity index (χ2v) is 6.04. The minimum atomic E-state index is -0.0782. The van der Waals surface area contributed by atoms with E-state index in [1.165, 1.54) is 4.88 Å². The summed E-state index contributed by atoms with van der Waals surface area (Å²) in [6, 6.07) is 19.4. The zero-order valence-corrected chi connectivity index (χ0v) is 13.6. The molecule has 0 unspecified atom stereocenters. The summed E-state index contributed by atoms with van der Waals surface area (Å²) in [6.45, 7) is 0.475. The molecule has 0 aliphatic rings. The van der Waals surface area contributed by atoms with Crippen molar-refractivity contribution in [1.29, 1.82) is 0 Å². The Kier molecular flexibility index (Phi) is 4.74. The Hall–Kier alpha value is -2.59. The molecule has 23 heavy (non-hydrogen) atoms. The first-order chi connectivity index (χ1) is 11.3. The number of thiophene rings is 1. The Morgan fingerprint density at radius 2 is 1.91 bits per heavy atom. The van der Waals surface area contributed by atoms with E-state index in [-0.39, 0.29) is 5.91 Å². The highest BCUT2D eigenvalue weighted by Crippen LogP contribution is 2.24. The van der Waals surface area contributed by atoms with Crippen LogP contribution in [0.1, 0.15) is 15.9 Å². The molecule has 3 nitrogen and oxygen atoms in total. The molecule has 116 valence electrons. The van der Waals surface area contributed by atoms with E-state index in [4.69, 9.17) is 4.74 Å². The van der Waals surface area contributed by atoms with E-state index in [0.29, 0.717) is 12.1 Å². The predicted octanol–water partition coefficient (Wildman–Crippen LogP) is 4.35. The number of ether oxygens (including phenoxy) is 1. The summed E-state index contributed by atoms with van der Waals surface area (Å²) in [5, 5.41) is 4.97. The van der Waals surface area contributed by atoms with E-state index in [1.54, 1.807) is 18.4 Å². The highest BCUT2D eigenvalue weighted by atomic mass is 32.1. The van der Waals surface area contributed by atoms with Gasteiger partial charge in [0.25, 0.3) is 5.91 Å². The quantitative estimate of drug-likeness (QED) is 0.758. The van der Waals surface area contributed by atoms with Gasteiger partial charge in [0.1, 0.15) is 5.75 Å². The van der Waals surface area contributed by atoms with Crippen LogP contribution in [0.5, 0.6) is 5.75 Å². The Balaban J connectivity index is 1.64. The maximum atomic E-state index is 12.2. The number of carbonyl (C=O) groups is 1. The molecule has 1 amide bonds. The number of nitrogens with one attached hydrogen (secondary N) is 1. The van der Waals surface area contributed by atoms with Crippen LogP contribution in [0.15, 0.2) is 66.0 Å². The standard InChI is InChI=1S/C19H17NO2S/c1-22-17-5-2-4-14(12-17)13-20-19(21)16-9-7-15(8-10-16)18-6-3-11-23-18/h2-12H,13H2,1H3,(H,20,21). The van der Waals surface area contributed by atoms with Crippen molar-refractivity contribution in [3.63, 3.8) is 0 Å². The summed E-state index contributed by atoms with van der Waals surface area (Å²) in [6.07, 6.45) is 0. The van der Waals surface area contributed by atoms with Crippen LogP contribution in [0.2, 0.25) is 0 Å².